The van der Waals surface area contributed by atoms with E-state index in [0.717, 1.165) is 31.3 Å². The number of hydrogen-bond donors (Lipinski definition) is 2. The Labute approximate surface area is 113 Å². The summed E-state index contributed by atoms with van der Waals surface area (Å²) in [5, 5.41) is 19.9. The number of aliphatic hydroxyl groups is 2. The van der Waals surface area contributed by atoms with Gasteiger partial charge in [0.2, 0.25) is 6.29 Å². The predicted molar refractivity (Wildman–Crippen MR) is 69.0 cm³/mol. The summed E-state index contributed by atoms with van der Waals surface area (Å²) < 4.78 is 5.00. The van der Waals surface area contributed by atoms with Crippen molar-refractivity contribution in [2.75, 3.05) is 6.61 Å². The Kier molecular flexibility index (Phi) is 2.81. The average molecular weight is 266 g/mol. The Hall–Kier alpha value is -0.870. The molecular weight excluding hydrogens is 244 g/mol. The van der Waals surface area contributed by atoms with Crippen LogP contribution in [-0.4, -0.2) is 29.1 Å². The van der Waals surface area contributed by atoms with Gasteiger partial charge in [-0.15, -0.1) is 0 Å². The van der Waals surface area contributed by atoms with E-state index in [1.807, 2.05) is 0 Å². The van der Waals surface area contributed by atoms with Gasteiger partial charge in [0.25, 0.3) is 0 Å². The maximum atomic E-state index is 11.8. The van der Waals surface area contributed by atoms with Crippen molar-refractivity contribution in [1.82, 2.24) is 0 Å². The van der Waals surface area contributed by atoms with Crippen molar-refractivity contribution in [3.63, 3.8) is 0 Å². The number of carbonyl (C=O) groups excluding carboxylic acids is 1. The summed E-state index contributed by atoms with van der Waals surface area (Å²) in [7, 11) is 0. The molecule has 4 heteroatoms. The topological polar surface area (TPSA) is 66.8 Å². The molecule has 1 fully saturated rings. The Morgan fingerprint density at radius 3 is 2.79 bits per heavy atom. The van der Waals surface area contributed by atoms with Crippen LogP contribution >= 0.6 is 0 Å². The third-order valence-corrected chi connectivity index (χ3v) is 5.75. The highest BCUT2D eigenvalue weighted by Crippen LogP contribution is 2.61. The first kappa shape index (κ1) is 13.1. The molecule has 1 heterocycles. The van der Waals surface area contributed by atoms with E-state index in [1.165, 1.54) is 0 Å². The zero-order valence-electron chi connectivity index (χ0n) is 11.6. The van der Waals surface area contributed by atoms with Crippen LogP contribution < -0.4 is 0 Å². The molecule has 0 saturated heterocycles. The van der Waals surface area contributed by atoms with Gasteiger partial charge in [0.1, 0.15) is 0 Å². The van der Waals surface area contributed by atoms with E-state index < -0.39 is 6.29 Å². The summed E-state index contributed by atoms with van der Waals surface area (Å²) in [6.07, 6.45) is 3.48. The van der Waals surface area contributed by atoms with Crippen molar-refractivity contribution in [3.05, 3.63) is 11.1 Å². The molecule has 3 rings (SSSR count). The number of ether oxygens (including phenoxy) is 1. The lowest BCUT2D eigenvalue weighted by atomic mass is 9.50. The van der Waals surface area contributed by atoms with E-state index in [-0.39, 0.29) is 23.4 Å². The first-order valence-corrected chi connectivity index (χ1v) is 7.16. The second-order valence-electron chi connectivity index (χ2n) is 6.82. The van der Waals surface area contributed by atoms with Crippen molar-refractivity contribution < 1.29 is 19.7 Å². The molecule has 0 bridgehead atoms. The van der Waals surface area contributed by atoms with E-state index in [9.17, 15) is 15.0 Å². The van der Waals surface area contributed by atoms with Crippen molar-refractivity contribution in [2.24, 2.45) is 16.7 Å². The number of rotatable bonds is 1. The van der Waals surface area contributed by atoms with Gasteiger partial charge in [0.05, 0.1) is 0 Å². The summed E-state index contributed by atoms with van der Waals surface area (Å²) in [5.74, 6) is -0.0416. The largest absolute Gasteiger partial charge is 0.428 e. The Morgan fingerprint density at radius 2 is 2.11 bits per heavy atom. The molecule has 4 unspecified atom stereocenters. The molecule has 1 saturated carbocycles. The molecule has 2 aliphatic carbocycles. The van der Waals surface area contributed by atoms with Crippen LogP contribution in [0.15, 0.2) is 11.1 Å². The van der Waals surface area contributed by atoms with Crippen LogP contribution in [0.1, 0.15) is 46.0 Å². The lowest BCUT2D eigenvalue weighted by Gasteiger charge is -2.54. The molecule has 0 amide bonds. The zero-order chi connectivity index (χ0) is 13.8. The maximum Gasteiger partial charge on any atom is 0.336 e. The fourth-order valence-corrected chi connectivity index (χ4v) is 4.80. The van der Waals surface area contributed by atoms with Crippen LogP contribution in [0.2, 0.25) is 0 Å². The SMILES string of the molecule is CC1(CO)CCCC2(C)C3=C(CCC12)C(=O)OC3O. The summed E-state index contributed by atoms with van der Waals surface area (Å²) in [5.41, 5.74) is 1.16. The van der Waals surface area contributed by atoms with E-state index in [1.54, 1.807) is 0 Å². The van der Waals surface area contributed by atoms with Gasteiger partial charge in [0.15, 0.2) is 0 Å². The lowest BCUT2D eigenvalue weighted by Crippen LogP contribution is -2.49. The Bertz CT molecular complexity index is 455. The normalized spacial score (nSPS) is 45.8. The van der Waals surface area contributed by atoms with Crippen LogP contribution in [-0.2, 0) is 9.53 Å². The monoisotopic (exact) mass is 266 g/mol. The van der Waals surface area contributed by atoms with Gasteiger partial charge < -0.3 is 14.9 Å². The molecule has 106 valence electrons. The second kappa shape index (κ2) is 4.06. The van der Waals surface area contributed by atoms with Crippen LogP contribution in [0, 0.1) is 16.7 Å². The minimum absolute atomic E-state index is 0.114. The lowest BCUT2D eigenvalue weighted by molar-refractivity contribution is -0.153. The third kappa shape index (κ3) is 1.62. The molecular formula is C15H22O4. The number of hydrogen-bond acceptors (Lipinski definition) is 4. The number of esters is 1. The minimum atomic E-state index is -1.07. The van der Waals surface area contributed by atoms with E-state index >= 15 is 0 Å². The highest BCUT2D eigenvalue weighted by molar-refractivity contribution is 5.92. The number of cyclic esters (lactones) is 1. The van der Waals surface area contributed by atoms with Crippen molar-refractivity contribution in [1.29, 1.82) is 0 Å². The minimum Gasteiger partial charge on any atom is -0.428 e. The highest BCUT2D eigenvalue weighted by Gasteiger charge is 2.56. The van der Waals surface area contributed by atoms with Crippen LogP contribution in [0.5, 0.6) is 0 Å². The fourth-order valence-electron chi connectivity index (χ4n) is 4.80. The standard InChI is InChI=1S/C15H22O4/c1-14(8-16)6-3-7-15(2)10(14)5-4-9-11(15)13(18)19-12(9)17/h10,13,16,18H,3-8H2,1-2H3. The maximum absolute atomic E-state index is 11.8. The molecule has 19 heavy (non-hydrogen) atoms. The van der Waals surface area contributed by atoms with E-state index in [0.29, 0.717) is 17.9 Å². The molecule has 4 atom stereocenters. The van der Waals surface area contributed by atoms with Gasteiger partial charge in [-0.25, -0.2) is 4.79 Å². The number of aliphatic hydroxyl groups excluding tert-OH is 2. The summed E-state index contributed by atoms with van der Waals surface area (Å²) in [6.45, 7) is 4.43. The van der Waals surface area contributed by atoms with Crippen LogP contribution in [0.4, 0.5) is 0 Å². The Morgan fingerprint density at radius 1 is 1.37 bits per heavy atom. The van der Waals surface area contributed by atoms with Gasteiger partial charge in [-0.05, 0) is 42.4 Å². The first-order chi connectivity index (χ1) is 8.92. The van der Waals surface area contributed by atoms with Crippen LogP contribution in [0.25, 0.3) is 0 Å². The Balaban J connectivity index is 2.08. The molecule has 0 aromatic rings. The predicted octanol–water partition coefficient (Wildman–Crippen LogP) is 1.76. The summed E-state index contributed by atoms with van der Waals surface area (Å²) in [4.78, 5) is 11.8. The number of carbonyl (C=O) groups is 1. The summed E-state index contributed by atoms with van der Waals surface area (Å²) in [6, 6.07) is 0. The molecule has 0 aromatic heterocycles. The van der Waals surface area contributed by atoms with Crippen molar-refractivity contribution in [2.45, 2.75) is 52.2 Å². The molecule has 0 radical (unpaired) electrons. The molecule has 2 N–H and O–H groups in total. The fraction of sp³-hybridized carbons (Fsp3) is 0.800. The van der Waals surface area contributed by atoms with Gasteiger partial charge >= 0.3 is 5.97 Å². The van der Waals surface area contributed by atoms with Gasteiger partial charge in [0, 0.05) is 17.8 Å². The molecule has 0 aromatic carbocycles. The van der Waals surface area contributed by atoms with E-state index in [4.69, 9.17) is 4.74 Å². The highest BCUT2D eigenvalue weighted by atomic mass is 16.6. The van der Waals surface area contributed by atoms with Crippen molar-refractivity contribution >= 4 is 5.97 Å². The average Bonchev–Trinajstić information content (AvgIpc) is 2.65. The molecule has 1 aliphatic heterocycles. The van der Waals surface area contributed by atoms with E-state index in [2.05, 4.69) is 13.8 Å². The molecule has 4 nitrogen and oxygen atoms in total. The second-order valence-corrected chi connectivity index (χ2v) is 6.82. The zero-order valence-corrected chi connectivity index (χ0v) is 11.6. The van der Waals surface area contributed by atoms with Crippen LogP contribution in [0.3, 0.4) is 0 Å². The van der Waals surface area contributed by atoms with Crippen molar-refractivity contribution in [3.8, 4) is 0 Å². The summed E-state index contributed by atoms with van der Waals surface area (Å²) >= 11 is 0. The van der Waals surface area contributed by atoms with Gasteiger partial charge in [-0.2, -0.15) is 0 Å². The third-order valence-electron chi connectivity index (χ3n) is 5.75. The van der Waals surface area contributed by atoms with Gasteiger partial charge in [-0.1, -0.05) is 20.3 Å². The van der Waals surface area contributed by atoms with Gasteiger partial charge in [-0.3, -0.25) is 0 Å². The molecule has 0 spiro atoms. The number of fused-ring (bicyclic) bond motifs is 2. The smallest absolute Gasteiger partial charge is 0.336 e. The quantitative estimate of drug-likeness (QED) is 0.710. The molecule has 3 aliphatic rings. The first-order valence-electron chi connectivity index (χ1n) is 7.16.